The monoisotopic (exact) mass is 306 g/mol. The molecular weight excluding hydrogens is 295 g/mol. The van der Waals surface area contributed by atoms with Crippen molar-refractivity contribution in [1.29, 1.82) is 5.41 Å². The molecule has 3 N–H and O–H groups in total. The van der Waals surface area contributed by atoms with Gasteiger partial charge in [0, 0.05) is 12.6 Å². The second-order valence-electron chi connectivity index (χ2n) is 4.45. The van der Waals surface area contributed by atoms with Gasteiger partial charge in [0.15, 0.2) is 11.7 Å². The average Bonchev–Trinajstić information content (AvgIpc) is 2.74. The lowest BCUT2D eigenvalue weighted by Gasteiger charge is -2.18. The van der Waals surface area contributed by atoms with Crippen molar-refractivity contribution in [2.45, 2.75) is 24.9 Å². The van der Waals surface area contributed by atoms with Crippen molar-refractivity contribution < 1.29 is 22.0 Å². The van der Waals surface area contributed by atoms with E-state index in [-0.39, 0.29) is 11.5 Å². The molecule has 0 saturated carbocycles. The van der Waals surface area contributed by atoms with Gasteiger partial charge in [-0.15, -0.1) is 0 Å². The van der Waals surface area contributed by atoms with Crippen LogP contribution in [-0.4, -0.2) is 27.3 Å². The molecule has 0 saturated heterocycles. The molecule has 0 amide bonds. The minimum Gasteiger partial charge on any atom is -0.381 e. The maximum atomic E-state index is 13.0. The molecule has 0 spiro atoms. The van der Waals surface area contributed by atoms with Crippen molar-refractivity contribution >= 4 is 11.4 Å². The maximum Gasteiger partial charge on any atom is 0.453 e. The zero-order chi connectivity index (χ0) is 15.8. The van der Waals surface area contributed by atoms with Crippen molar-refractivity contribution in [3.05, 3.63) is 35.9 Å². The van der Waals surface area contributed by atoms with E-state index < -0.39 is 30.8 Å². The molecule has 2 heterocycles. The first kappa shape index (κ1) is 15.2. The second-order valence-corrected chi connectivity index (χ2v) is 4.45. The molecule has 0 aliphatic rings. The van der Waals surface area contributed by atoms with Crippen molar-refractivity contribution in [3.63, 3.8) is 0 Å². The number of amidine groups is 1. The summed E-state index contributed by atoms with van der Waals surface area (Å²) < 4.78 is 63.8. The Hall–Kier alpha value is -2.19. The van der Waals surface area contributed by atoms with Crippen LogP contribution in [0.15, 0.2) is 24.4 Å². The van der Waals surface area contributed by atoms with Gasteiger partial charge in [-0.1, -0.05) is 6.07 Å². The van der Waals surface area contributed by atoms with Gasteiger partial charge in [-0.05, 0) is 18.6 Å². The van der Waals surface area contributed by atoms with Gasteiger partial charge in [0.1, 0.15) is 0 Å². The van der Waals surface area contributed by atoms with E-state index in [1.165, 1.54) is 16.7 Å². The number of rotatable bonds is 4. The zero-order valence-corrected chi connectivity index (χ0v) is 10.6. The number of nitrogens with two attached hydrogens (primary N) is 1. The fraction of sp³-hybridized carbons (Fsp3) is 0.333. The first-order valence-corrected chi connectivity index (χ1v) is 5.88. The van der Waals surface area contributed by atoms with Crippen LogP contribution in [0.5, 0.6) is 0 Å². The highest BCUT2D eigenvalue weighted by Crippen LogP contribution is 2.38. The summed E-state index contributed by atoms with van der Waals surface area (Å²) in [4.78, 5) is 3.89. The summed E-state index contributed by atoms with van der Waals surface area (Å²) in [7, 11) is 0. The third kappa shape index (κ3) is 2.81. The SMILES string of the molecule is N=C(N)c1nc(CCC(F)(F)C(F)(F)F)c2ccccn12. The van der Waals surface area contributed by atoms with Crippen LogP contribution in [-0.2, 0) is 6.42 Å². The topological polar surface area (TPSA) is 67.2 Å². The predicted molar refractivity (Wildman–Crippen MR) is 65.5 cm³/mol. The molecule has 2 aromatic rings. The Bertz CT molecular complexity index is 674. The molecule has 21 heavy (non-hydrogen) atoms. The zero-order valence-electron chi connectivity index (χ0n) is 10.6. The molecule has 0 aliphatic heterocycles. The van der Waals surface area contributed by atoms with E-state index in [1.807, 2.05) is 0 Å². The highest BCUT2D eigenvalue weighted by Gasteiger charge is 2.56. The van der Waals surface area contributed by atoms with Gasteiger partial charge >= 0.3 is 12.1 Å². The van der Waals surface area contributed by atoms with Crippen molar-refractivity contribution in [2.24, 2.45) is 5.73 Å². The third-order valence-corrected chi connectivity index (χ3v) is 2.96. The van der Waals surface area contributed by atoms with Crippen LogP contribution in [0.2, 0.25) is 0 Å². The Morgan fingerprint density at radius 1 is 1.24 bits per heavy atom. The lowest BCUT2D eigenvalue weighted by atomic mass is 10.1. The number of nitrogens with zero attached hydrogens (tertiary/aromatic N) is 2. The summed E-state index contributed by atoms with van der Waals surface area (Å²) in [6.07, 6.45) is -6.07. The molecule has 0 radical (unpaired) electrons. The molecule has 0 aliphatic carbocycles. The molecule has 9 heteroatoms. The number of aromatic nitrogens is 2. The summed E-state index contributed by atoms with van der Waals surface area (Å²) in [5.74, 6) is -5.17. The van der Waals surface area contributed by atoms with Crippen molar-refractivity contribution in [3.8, 4) is 0 Å². The van der Waals surface area contributed by atoms with Crippen molar-refractivity contribution in [2.75, 3.05) is 0 Å². The van der Waals surface area contributed by atoms with E-state index in [1.54, 1.807) is 12.1 Å². The van der Waals surface area contributed by atoms with Gasteiger partial charge in [0.25, 0.3) is 0 Å². The molecular formula is C12H11F5N4. The van der Waals surface area contributed by atoms with Gasteiger partial charge < -0.3 is 5.73 Å². The van der Waals surface area contributed by atoms with Crippen LogP contribution in [0.4, 0.5) is 22.0 Å². The summed E-state index contributed by atoms with van der Waals surface area (Å²) in [5, 5.41) is 7.35. The number of halogens is 5. The Labute approximate surface area is 115 Å². The molecule has 0 bridgehead atoms. The molecule has 0 fully saturated rings. The van der Waals surface area contributed by atoms with Crippen LogP contribution in [0.25, 0.3) is 5.52 Å². The van der Waals surface area contributed by atoms with Gasteiger partial charge in [-0.25, -0.2) is 4.98 Å². The first-order chi connectivity index (χ1) is 9.63. The number of hydrogen-bond donors (Lipinski definition) is 2. The largest absolute Gasteiger partial charge is 0.453 e. The molecule has 4 nitrogen and oxygen atoms in total. The Morgan fingerprint density at radius 2 is 1.90 bits per heavy atom. The van der Waals surface area contributed by atoms with E-state index in [0.717, 1.165) is 0 Å². The average molecular weight is 306 g/mol. The number of pyridine rings is 1. The molecule has 0 unspecified atom stereocenters. The summed E-state index contributed by atoms with van der Waals surface area (Å²) in [6, 6.07) is 4.71. The van der Waals surface area contributed by atoms with Crippen molar-refractivity contribution in [1.82, 2.24) is 9.38 Å². The minimum atomic E-state index is -5.59. The quantitative estimate of drug-likeness (QED) is 0.518. The normalized spacial score (nSPS) is 12.8. The number of alkyl halides is 5. The van der Waals surface area contributed by atoms with Crippen LogP contribution >= 0.6 is 0 Å². The molecule has 2 aromatic heterocycles. The fourth-order valence-electron chi connectivity index (χ4n) is 1.89. The van der Waals surface area contributed by atoms with E-state index in [0.29, 0.717) is 5.52 Å². The highest BCUT2D eigenvalue weighted by molar-refractivity contribution is 5.92. The molecule has 0 atom stereocenters. The fourth-order valence-corrected chi connectivity index (χ4v) is 1.89. The van der Waals surface area contributed by atoms with E-state index in [9.17, 15) is 22.0 Å². The summed E-state index contributed by atoms with van der Waals surface area (Å²) >= 11 is 0. The number of fused-ring (bicyclic) bond motifs is 1. The Morgan fingerprint density at radius 3 is 2.48 bits per heavy atom. The van der Waals surface area contributed by atoms with Gasteiger partial charge in [-0.3, -0.25) is 9.81 Å². The van der Waals surface area contributed by atoms with E-state index >= 15 is 0 Å². The summed E-state index contributed by atoms with van der Waals surface area (Å²) in [5.41, 5.74) is 5.71. The van der Waals surface area contributed by atoms with Crippen LogP contribution in [0, 0.1) is 5.41 Å². The highest BCUT2D eigenvalue weighted by atomic mass is 19.4. The number of imidazole rings is 1. The van der Waals surface area contributed by atoms with Crippen LogP contribution in [0.1, 0.15) is 17.9 Å². The number of nitrogens with one attached hydrogen (secondary N) is 1. The number of hydrogen-bond acceptors (Lipinski definition) is 2. The first-order valence-electron chi connectivity index (χ1n) is 5.88. The predicted octanol–water partition coefficient (Wildman–Crippen LogP) is 2.75. The molecule has 114 valence electrons. The van der Waals surface area contributed by atoms with Gasteiger partial charge in [0.05, 0.1) is 11.2 Å². The van der Waals surface area contributed by atoms with E-state index in [2.05, 4.69) is 4.98 Å². The third-order valence-electron chi connectivity index (χ3n) is 2.96. The van der Waals surface area contributed by atoms with Gasteiger partial charge in [0.2, 0.25) is 0 Å². The minimum absolute atomic E-state index is 0.0101. The van der Waals surface area contributed by atoms with Crippen LogP contribution in [0.3, 0.4) is 0 Å². The van der Waals surface area contributed by atoms with Crippen LogP contribution < -0.4 is 5.73 Å². The number of nitrogen functional groups attached to an aromatic ring is 1. The standard InChI is InChI=1S/C12H11F5N4/c13-11(14,12(15,16)17)5-4-7-8-3-1-2-6-21(8)10(20-7)9(18)19/h1-3,6H,4-5H2,(H3,18,19). The Kier molecular flexibility index (Phi) is 3.60. The lowest BCUT2D eigenvalue weighted by Crippen LogP contribution is -2.36. The second kappa shape index (κ2) is 4.97. The molecule has 0 aromatic carbocycles. The smallest absolute Gasteiger partial charge is 0.381 e. The van der Waals surface area contributed by atoms with Gasteiger partial charge in [-0.2, -0.15) is 22.0 Å². The molecule has 2 rings (SSSR count). The number of aryl methyl sites for hydroxylation is 1. The maximum absolute atomic E-state index is 13.0. The summed E-state index contributed by atoms with van der Waals surface area (Å²) in [6.45, 7) is 0. The van der Waals surface area contributed by atoms with E-state index in [4.69, 9.17) is 11.1 Å². The Balaban J connectivity index is 2.34. The lowest BCUT2D eigenvalue weighted by molar-refractivity contribution is -0.284.